The summed E-state index contributed by atoms with van der Waals surface area (Å²) in [5, 5.41) is 4.50. The van der Waals surface area contributed by atoms with Crippen molar-refractivity contribution in [3.8, 4) is 0 Å². The average molecular weight is 418 g/mol. The first-order chi connectivity index (χ1) is 15.2. The van der Waals surface area contributed by atoms with Crippen LogP contribution in [0.15, 0.2) is 61.1 Å². The Hall–Kier alpha value is -3.48. The van der Waals surface area contributed by atoms with Crippen molar-refractivity contribution in [2.75, 3.05) is 26.2 Å². The summed E-state index contributed by atoms with van der Waals surface area (Å²) in [6.07, 6.45) is 6.42. The molecule has 0 unspecified atom stereocenters. The minimum absolute atomic E-state index is 0.00521. The molecule has 0 aliphatic carbocycles. The van der Waals surface area contributed by atoms with Crippen molar-refractivity contribution < 1.29 is 9.59 Å². The van der Waals surface area contributed by atoms with Crippen LogP contribution in [0.25, 0.3) is 0 Å². The topological polar surface area (TPSA) is 71.3 Å². The van der Waals surface area contributed by atoms with E-state index < -0.39 is 0 Å². The molecule has 0 atom stereocenters. The molecule has 1 aliphatic rings. The Morgan fingerprint density at radius 2 is 1.58 bits per heavy atom. The molecule has 1 saturated heterocycles. The smallest absolute Gasteiger partial charge is 0.257 e. The summed E-state index contributed by atoms with van der Waals surface area (Å²) in [6.45, 7) is 5.00. The van der Waals surface area contributed by atoms with Gasteiger partial charge in [0.25, 0.3) is 11.8 Å². The lowest BCUT2D eigenvalue weighted by Gasteiger charge is -2.22. The molecule has 1 aliphatic heterocycles. The predicted octanol–water partition coefficient (Wildman–Crippen LogP) is 2.88. The van der Waals surface area contributed by atoms with Crippen LogP contribution in [0.5, 0.6) is 0 Å². The number of carbonyl (C=O) groups excluding carboxylic acids is 2. The highest BCUT2D eigenvalue weighted by atomic mass is 16.2. The molecular weight excluding hydrogens is 390 g/mol. The molecule has 0 saturated carbocycles. The molecule has 0 spiro atoms. The van der Waals surface area contributed by atoms with Crippen LogP contribution in [0.3, 0.4) is 0 Å². The number of amides is 2. The molecule has 3 aromatic rings. The third kappa shape index (κ3) is 4.66. The second-order valence-corrected chi connectivity index (χ2v) is 7.68. The molecule has 2 amide bonds. The van der Waals surface area contributed by atoms with Crippen LogP contribution in [0, 0.1) is 0 Å². The van der Waals surface area contributed by atoms with E-state index in [0.29, 0.717) is 43.9 Å². The quantitative estimate of drug-likeness (QED) is 0.640. The Bertz CT molecular complexity index is 1030. The third-order valence-electron chi connectivity index (χ3n) is 5.69. The molecular formula is C24H27N5O2. The van der Waals surface area contributed by atoms with Gasteiger partial charge >= 0.3 is 0 Å². The Morgan fingerprint density at radius 1 is 0.903 bits per heavy atom. The number of nitrogens with zero attached hydrogens (tertiary/aromatic N) is 5. The average Bonchev–Trinajstić information content (AvgIpc) is 3.05. The van der Waals surface area contributed by atoms with Crippen molar-refractivity contribution in [2.24, 2.45) is 0 Å². The number of aromatic nitrogens is 3. The number of hydrogen-bond acceptors (Lipinski definition) is 4. The van der Waals surface area contributed by atoms with E-state index in [1.807, 2.05) is 39.6 Å². The van der Waals surface area contributed by atoms with Crippen molar-refractivity contribution in [3.05, 3.63) is 83.4 Å². The van der Waals surface area contributed by atoms with Crippen molar-refractivity contribution >= 4 is 11.8 Å². The van der Waals surface area contributed by atoms with Gasteiger partial charge in [0.2, 0.25) is 0 Å². The van der Waals surface area contributed by atoms with E-state index >= 15 is 0 Å². The molecule has 160 valence electrons. The summed E-state index contributed by atoms with van der Waals surface area (Å²) < 4.78 is 1.92. The number of hydrogen-bond donors (Lipinski definition) is 0. The summed E-state index contributed by atoms with van der Waals surface area (Å²) in [6, 6.07) is 13.6. The Morgan fingerprint density at radius 3 is 2.26 bits per heavy atom. The van der Waals surface area contributed by atoms with E-state index in [1.54, 1.807) is 30.7 Å². The maximum absolute atomic E-state index is 13.3. The first-order valence-electron chi connectivity index (χ1n) is 10.7. The minimum Gasteiger partial charge on any atom is -0.337 e. The molecule has 31 heavy (non-hydrogen) atoms. The van der Waals surface area contributed by atoms with Crippen molar-refractivity contribution in [1.82, 2.24) is 24.6 Å². The number of rotatable bonds is 5. The summed E-state index contributed by atoms with van der Waals surface area (Å²) in [5.41, 5.74) is 3.39. The Kier molecular flexibility index (Phi) is 6.40. The van der Waals surface area contributed by atoms with Crippen molar-refractivity contribution in [2.45, 2.75) is 26.3 Å². The van der Waals surface area contributed by atoms with Crippen LogP contribution in [-0.2, 0) is 13.0 Å². The molecule has 7 nitrogen and oxygen atoms in total. The van der Waals surface area contributed by atoms with Crippen LogP contribution < -0.4 is 0 Å². The first kappa shape index (κ1) is 20.8. The lowest BCUT2D eigenvalue weighted by Crippen LogP contribution is -2.37. The molecule has 3 heterocycles. The van der Waals surface area contributed by atoms with Gasteiger partial charge < -0.3 is 9.80 Å². The van der Waals surface area contributed by atoms with Gasteiger partial charge in [0.05, 0.1) is 24.0 Å². The largest absolute Gasteiger partial charge is 0.337 e. The van der Waals surface area contributed by atoms with Crippen molar-refractivity contribution in [1.29, 1.82) is 0 Å². The second kappa shape index (κ2) is 9.55. The van der Waals surface area contributed by atoms with E-state index in [9.17, 15) is 9.59 Å². The van der Waals surface area contributed by atoms with Crippen LogP contribution in [0.4, 0.5) is 0 Å². The van der Waals surface area contributed by atoms with Gasteiger partial charge in [0, 0.05) is 44.1 Å². The highest BCUT2D eigenvalue weighted by Crippen LogP contribution is 2.17. The number of benzene rings is 1. The highest BCUT2D eigenvalue weighted by molar-refractivity contribution is 5.96. The molecule has 4 rings (SSSR count). The van der Waals surface area contributed by atoms with Gasteiger partial charge in [-0.15, -0.1) is 0 Å². The van der Waals surface area contributed by atoms with E-state index in [1.165, 1.54) is 0 Å². The normalized spacial score (nSPS) is 14.4. The number of carbonyl (C=O) groups is 2. The van der Waals surface area contributed by atoms with Crippen LogP contribution in [0.1, 0.15) is 45.3 Å². The lowest BCUT2D eigenvalue weighted by molar-refractivity contribution is 0.0718. The zero-order chi connectivity index (χ0) is 21.6. The Balaban J connectivity index is 1.45. The fourth-order valence-corrected chi connectivity index (χ4v) is 4.03. The molecule has 7 heteroatoms. The zero-order valence-corrected chi connectivity index (χ0v) is 17.8. The zero-order valence-electron chi connectivity index (χ0n) is 17.8. The third-order valence-corrected chi connectivity index (χ3v) is 5.69. The van der Waals surface area contributed by atoms with Gasteiger partial charge in [-0.05, 0) is 30.5 Å². The van der Waals surface area contributed by atoms with Gasteiger partial charge in [-0.25, -0.2) is 0 Å². The fourth-order valence-electron chi connectivity index (χ4n) is 4.03. The standard InChI is InChI=1S/C24H27N5O2/c1-2-22-21(17-26-29(22)18-19-7-4-3-5-8-19)24(31)28-14-6-13-27(15-16-28)23(30)20-9-11-25-12-10-20/h3-5,7-12,17H,2,6,13-16,18H2,1H3. The second-order valence-electron chi connectivity index (χ2n) is 7.68. The van der Waals surface area contributed by atoms with Crippen LogP contribution in [0.2, 0.25) is 0 Å². The Labute approximate surface area is 182 Å². The maximum Gasteiger partial charge on any atom is 0.257 e. The summed E-state index contributed by atoms with van der Waals surface area (Å²) in [5.74, 6) is -0.0176. The summed E-state index contributed by atoms with van der Waals surface area (Å²) in [7, 11) is 0. The molecule has 1 fully saturated rings. The minimum atomic E-state index is -0.0124. The van der Waals surface area contributed by atoms with Gasteiger partial charge in [0.1, 0.15) is 0 Å². The van der Waals surface area contributed by atoms with Gasteiger partial charge in [0.15, 0.2) is 0 Å². The monoisotopic (exact) mass is 417 g/mol. The number of pyridine rings is 1. The van der Waals surface area contributed by atoms with E-state index in [0.717, 1.165) is 24.1 Å². The van der Waals surface area contributed by atoms with E-state index in [2.05, 4.69) is 22.2 Å². The molecule has 2 aromatic heterocycles. The van der Waals surface area contributed by atoms with Gasteiger partial charge in [-0.3, -0.25) is 19.3 Å². The van der Waals surface area contributed by atoms with Crippen LogP contribution >= 0.6 is 0 Å². The molecule has 1 aromatic carbocycles. The predicted molar refractivity (Wildman–Crippen MR) is 118 cm³/mol. The van der Waals surface area contributed by atoms with Crippen LogP contribution in [-0.4, -0.2) is 62.6 Å². The fraction of sp³-hybridized carbons (Fsp3) is 0.333. The van der Waals surface area contributed by atoms with Crippen molar-refractivity contribution in [3.63, 3.8) is 0 Å². The molecule has 0 N–H and O–H groups in total. The summed E-state index contributed by atoms with van der Waals surface area (Å²) >= 11 is 0. The summed E-state index contributed by atoms with van der Waals surface area (Å²) in [4.78, 5) is 33.7. The van der Waals surface area contributed by atoms with E-state index in [4.69, 9.17) is 0 Å². The SMILES string of the molecule is CCc1c(C(=O)N2CCCN(C(=O)c3ccncc3)CC2)cnn1Cc1ccccc1. The first-order valence-corrected chi connectivity index (χ1v) is 10.7. The highest BCUT2D eigenvalue weighted by Gasteiger charge is 2.26. The molecule has 0 radical (unpaired) electrons. The van der Waals surface area contributed by atoms with Gasteiger partial charge in [-0.2, -0.15) is 5.10 Å². The lowest BCUT2D eigenvalue weighted by atomic mass is 10.1. The van der Waals surface area contributed by atoms with Gasteiger partial charge in [-0.1, -0.05) is 37.3 Å². The van der Waals surface area contributed by atoms with E-state index in [-0.39, 0.29) is 11.8 Å². The molecule has 0 bridgehead atoms. The maximum atomic E-state index is 13.3.